The van der Waals surface area contributed by atoms with Crippen LogP contribution in [-0.2, 0) is 19.9 Å². The largest absolute Gasteiger partial charge is 0.382 e. The smallest absolute Gasteiger partial charge is 0.287 e. The summed E-state index contributed by atoms with van der Waals surface area (Å²) in [6.07, 6.45) is 4.94. The molecule has 0 amide bonds. The number of anilines is 1. The monoisotopic (exact) mass is 303 g/mol. The Morgan fingerprint density at radius 3 is 2.67 bits per heavy atom. The van der Waals surface area contributed by atoms with Gasteiger partial charge in [0, 0.05) is 13.6 Å². The van der Waals surface area contributed by atoms with E-state index in [-0.39, 0.29) is 10.6 Å². The van der Waals surface area contributed by atoms with E-state index in [1.165, 1.54) is 15.8 Å². The van der Waals surface area contributed by atoms with Crippen LogP contribution in [0, 0.1) is 5.92 Å². The first-order valence-electron chi connectivity index (χ1n) is 7.17. The fourth-order valence-corrected chi connectivity index (χ4v) is 3.14. The summed E-state index contributed by atoms with van der Waals surface area (Å²) in [6.45, 7) is 0.799. The van der Waals surface area contributed by atoms with E-state index >= 15 is 0 Å². The molecule has 110 valence electrons. The summed E-state index contributed by atoms with van der Waals surface area (Å²) in [7, 11) is 1.59. The van der Waals surface area contributed by atoms with Crippen molar-refractivity contribution in [2.24, 2.45) is 13.0 Å². The minimum absolute atomic E-state index is 0.210. The molecule has 1 aliphatic carbocycles. The summed E-state index contributed by atoms with van der Waals surface area (Å²) in [5, 5.41) is 7.42. The highest BCUT2D eigenvalue weighted by atomic mass is 35.5. The number of nitrogens with zero attached hydrogens (tertiary/aromatic N) is 2. The molecular weight excluding hydrogens is 286 g/mol. The average Bonchev–Trinajstić information content (AvgIpc) is 2.90. The van der Waals surface area contributed by atoms with Crippen molar-refractivity contribution in [1.82, 2.24) is 9.78 Å². The van der Waals surface area contributed by atoms with Gasteiger partial charge in [0.15, 0.2) is 0 Å². The fraction of sp³-hybridized carbons (Fsp3) is 0.375. The third-order valence-corrected chi connectivity index (χ3v) is 4.45. The van der Waals surface area contributed by atoms with Gasteiger partial charge in [0.1, 0.15) is 5.02 Å². The van der Waals surface area contributed by atoms with Gasteiger partial charge in [-0.3, -0.25) is 4.79 Å². The summed E-state index contributed by atoms with van der Waals surface area (Å²) in [5.74, 6) is 0.660. The van der Waals surface area contributed by atoms with E-state index in [0.29, 0.717) is 11.6 Å². The third-order valence-electron chi connectivity index (χ3n) is 4.08. The Morgan fingerprint density at radius 2 is 2.00 bits per heavy atom. The van der Waals surface area contributed by atoms with Crippen LogP contribution in [0.4, 0.5) is 5.69 Å². The Morgan fingerprint density at radius 1 is 1.33 bits per heavy atom. The summed E-state index contributed by atoms with van der Waals surface area (Å²) in [5.41, 5.74) is 3.29. The summed E-state index contributed by atoms with van der Waals surface area (Å²) < 4.78 is 1.24. The minimum Gasteiger partial charge on any atom is -0.382 e. The first-order valence-corrected chi connectivity index (χ1v) is 7.55. The van der Waals surface area contributed by atoms with Crippen molar-refractivity contribution in [3.63, 3.8) is 0 Å². The molecule has 1 heterocycles. The lowest BCUT2D eigenvalue weighted by molar-refractivity contribution is 0.530. The molecule has 0 spiro atoms. The average molecular weight is 304 g/mol. The lowest BCUT2D eigenvalue weighted by atomic mass is 10.0. The predicted octanol–water partition coefficient (Wildman–Crippen LogP) is 2.65. The number of fused-ring (bicyclic) bond motifs is 1. The van der Waals surface area contributed by atoms with E-state index in [2.05, 4.69) is 34.7 Å². The molecule has 1 aliphatic rings. The zero-order valence-electron chi connectivity index (χ0n) is 12.0. The van der Waals surface area contributed by atoms with Gasteiger partial charge in [-0.25, -0.2) is 4.68 Å². The SMILES string of the molecule is Cn1ncc(NCCC2Cc3ccccc3C2)c(Cl)c1=O. The van der Waals surface area contributed by atoms with Gasteiger partial charge in [-0.2, -0.15) is 5.10 Å². The van der Waals surface area contributed by atoms with Gasteiger partial charge in [0.2, 0.25) is 0 Å². The maximum atomic E-state index is 11.7. The van der Waals surface area contributed by atoms with E-state index in [0.717, 1.165) is 25.8 Å². The second-order valence-electron chi connectivity index (χ2n) is 5.56. The Bertz CT molecular complexity index is 686. The lowest BCUT2D eigenvalue weighted by Crippen LogP contribution is -2.21. The topological polar surface area (TPSA) is 46.9 Å². The van der Waals surface area contributed by atoms with Gasteiger partial charge in [-0.05, 0) is 36.3 Å². The quantitative estimate of drug-likeness (QED) is 0.944. The summed E-state index contributed by atoms with van der Waals surface area (Å²) >= 11 is 6.03. The molecule has 0 bridgehead atoms. The second-order valence-corrected chi connectivity index (χ2v) is 5.94. The van der Waals surface area contributed by atoms with Crippen LogP contribution in [0.3, 0.4) is 0 Å². The van der Waals surface area contributed by atoms with Gasteiger partial charge in [-0.15, -0.1) is 0 Å². The van der Waals surface area contributed by atoms with E-state index in [4.69, 9.17) is 11.6 Å². The summed E-state index contributed by atoms with van der Waals surface area (Å²) in [6, 6.07) is 8.63. The molecule has 0 aliphatic heterocycles. The van der Waals surface area contributed by atoms with E-state index < -0.39 is 0 Å². The molecule has 0 atom stereocenters. The van der Waals surface area contributed by atoms with Crippen molar-refractivity contribution in [3.05, 3.63) is 57.0 Å². The van der Waals surface area contributed by atoms with Crippen LogP contribution >= 0.6 is 11.6 Å². The van der Waals surface area contributed by atoms with E-state index in [1.54, 1.807) is 13.2 Å². The van der Waals surface area contributed by atoms with Gasteiger partial charge in [0.05, 0.1) is 11.9 Å². The van der Waals surface area contributed by atoms with Crippen LogP contribution in [-0.4, -0.2) is 16.3 Å². The Hall–Kier alpha value is -1.81. The predicted molar refractivity (Wildman–Crippen MR) is 84.9 cm³/mol. The molecule has 2 aromatic rings. The lowest BCUT2D eigenvalue weighted by Gasteiger charge is -2.11. The molecule has 3 rings (SSSR count). The van der Waals surface area contributed by atoms with Crippen LogP contribution in [0.15, 0.2) is 35.3 Å². The van der Waals surface area contributed by atoms with E-state index in [1.807, 2.05) is 0 Å². The number of aromatic nitrogens is 2. The number of nitrogens with one attached hydrogen (secondary N) is 1. The molecule has 21 heavy (non-hydrogen) atoms. The van der Waals surface area contributed by atoms with Crippen LogP contribution in [0.1, 0.15) is 17.5 Å². The molecule has 0 unspecified atom stereocenters. The van der Waals surface area contributed by atoms with Crippen molar-refractivity contribution in [1.29, 1.82) is 0 Å². The zero-order chi connectivity index (χ0) is 14.8. The second kappa shape index (κ2) is 5.90. The zero-order valence-corrected chi connectivity index (χ0v) is 12.7. The molecule has 0 saturated carbocycles. The normalized spacial score (nSPS) is 14.2. The highest BCUT2D eigenvalue weighted by molar-refractivity contribution is 6.32. The highest BCUT2D eigenvalue weighted by Gasteiger charge is 2.20. The first-order chi connectivity index (χ1) is 10.1. The molecule has 0 radical (unpaired) electrons. The van der Waals surface area contributed by atoms with Crippen molar-refractivity contribution in [2.75, 3.05) is 11.9 Å². The number of aryl methyl sites for hydroxylation is 1. The standard InChI is InChI=1S/C16H18ClN3O/c1-20-16(21)15(17)14(10-19-20)18-7-6-11-8-12-4-2-3-5-13(12)9-11/h2-5,10-11,18H,6-9H2,1H3. The van der Waals surface area contributed by atoms with Gasteiger partial charge < -0.3 is 5.32 Å². The van der Waals surface area contributed by atoms with Crippen molar-refractivity contribution < 1.29 is 0 Å². The molecule has 0 fully saturated rings. The molecule has 4 nitrogen and oxygen atoms in total. The number of hydrogen-bond acceptors (Lipinski definition) is 3. The van der Waals surface area contributed by atoms with Crippen LogP contribution in [0.25, 0.3) is 0 Å². The Kier molecular flexibility index (Phi) is 3.97. The Balaban J connectivity index is 1.56. The Labute approximate surface area is 128 Å². The van der Waals surface area contributed by atoms with Crippen LogP contribution in [0.5, 0.6) is 0 Å². The molecule has 1 N–H and O–H groups in total. The van der Waals surface area contributed by atoms with Crippen molar-refractivity contribution in [2.45, 2.75) is 19.3 Å². The number of benzene rings is 1. The number of hydrogen-bond donors (Lipinski definition) is 1. The first kappa shape index (κ1) is 14.1. The number of rotatable bonds is 4. The van der Waals surface area contributed by atoms with Gasteiger partial charge >= 0.3 is 0 Å². The summed E-state index contributed by atoms with van der Waals surface area (Å²) in [4.78, 5) is 11.7. The maximum absolute atomic E-state index is 11.7. The molecular formula is C16H18ClN3O. The molecule has 1 aromatic carbocycles. The third kappa shape index (κ3) is 2.95. The van der Waals surface area contributed by atoms with Gasteiger partial charge in [-0.1, -0.05) is 35.9 Å². The minimum atomic E-state index is -0.269. The molecule has 5 heteroatoms. The number of halogens is 1. The van der Waals surface area contributed by atoms with Crippen molar-refractivity contribution >= 4 is 17.3 Å². The van der Waals surface area contributed by atoms with Crippen LogP contribution < -0.4 is 10.9 Å². The maximum Gasteiger partial charge on any atom is 0.287 e. The van der Waals surface area contributed by atoms with Gasteiger partial charge in [0.25, 0.3) is 5.56 Å². The fourth-order valence-electron chi connectivity index (χ4n) is 2.90. The highest BCUT2D eigenvalue weighted by Crippen LogP contribution is 2.28. The van der Waals surface area contributed by atoms with E-state index in [9.17, 15) is 4.79 Å². The molecule has 0 saturated heterocycles. The van der Waals surface area contributed by atoms with Crippen molar-refractivity contribution in [3.8, 4) is 0 Å². The van der Waals surface area contributed by atoms with Crippen LogP contribution in [0.2, 0.25) is 5.02 Å². The molecule has 1 aromatic heterocycles.